The minimum atomic E-state index is -0.924. The van der Waals surface area contributed by atoms with Gasteiger partial charge in [0.25, 0.3) is 0 Å². The summed E-state index contributed by atoms with van der Waals surface area (Å²) in [6.07, 6.45) is 1.46. The van der Waals surface area contributed by atoms with Crippen molar-refractivity contribution in [2.45, 2.75) is 13.0 Å². The molecule has 7 heteroatoms. The molecule has 102 valence electrons. The van der Waals surface area contributed by atoms with Gasteiger partial charge in [-0.15, -0.1) is 22.7 Å². The van der Waals surface area contributed by atoms with Gasteiger partial charge in [-0.3, -0.25) is 0 Å². The van der Waals surface area contributed by atoms with Gasteiger partial charge in [0.15, 0.2) is 6.04 Å². The van der Waals surface area contributed by atoms with Crippen molar-refractivity contribution >= 4 is 44.7 Å². The molecular weight excluding hydrogens is 294 g/mol. The highest BCUT2D eigenvalue weighted by atomic mass is 32.1. The zero-order valence-corrected chi connectivity index (χ0v) is 12.2. The fourth-order valence-corrected chi connectivity index (χ4v) is 3.64. The molecule has 0 aromatic carbocycles. The number of aryl methyl sites for hydroxylation is 1. The number of rotatable bonds is 4. The fraction of sp³-hybridized carbons (Fsp3) is 0.154. The van der Waals surface area contributed by atoms with E-state index < -0.39 is 12.0 Å². The maximum atomic E-state index is 11.4. The predicted octanol–water partition coefficient (Wildman–Crippen LogP) is 3.30. The Bertz CT molecular complexity index is 752. The molecule has 0 aliphatic carbocycles. The molecule has 5 nitrogen and oxygen atoms in total. The van der Waals surface area contributed by atoms with Gasteiger partial charge < -0.3 is 10.4 Å². The van der Waals surface area contributed by atoms with Crippen LogP contribution >= 0.6 is 22.7 Å². The Hall–Kier alpha value is -1.99. The molecule has 0 spiro atoms. The zero-order valence-electron chi connectivity index (χ0n) is 10.5. The van der Waals surface area contributed by atoms with Gasteiger partial charge in [0.1, 0.15) is 12.1 Å². The highest BCUT2D eigenvalue weighted by Crippen LogP contribution is 2.31. The number of thiophene rings is 2. The molecular formula is C13H11N3O2S2. The standard InChI is InChI=1S/C13H11N3O2S2/c1-7-5-20-11-9(7)14-6-15-12(11)16-10(13(17)18)8-3-2-4-19-8/h2-6,10H,1H3,(H,17,18)(H,14,15,16). The highest BCUT2D eigenvalue weighted by Gasteiger charge is 2.22. The molecule has 3 aromatic rings. The third-order valence-electron chi connectivity index (χ3n) is 2.89. The summed E-state index contributed by atoms with van der Waals surface area (Å²) in [4.78, 5) is 20.6. The second-order valence-electron chi connectivity index (χ2n) is 4.25. The van der Waals surface area contributed by atoms with Crippen LogP contribution in [0.15, 0.2) is 29.2 Å². The number of carboxylic acids is 1. The largest absolute Gasteiger partial charge is 0.479 e. The van der Waals surface area contributed by atoms with Crippen LogP contribution in [0.1, 0.15) is 16.5 Å². The van der Waals surface area contributed by atoms with Crippen LogP contribution in [0.4, 0.5) is 5.82 Å². The van der Waals surface area contributed by atoms with Crippen molar-refractivity contribution in [3.63, 3.8) is 0 Å². The van der Waals surface area contributed by atoms with Crippen molar-refractivity contribution in [3.05, 3.63) is 39.7 Å². The van der Waals surface area contributed by atoms with E-state index in [4.69, 9.17) is 0 Å². The fourth-order valence-electron chi connectivity index (χ4n) is 1.92. The van der Waals surface area contributed by atoms with Crippen LogP contribution in [0.5, 0.6) is 0 Å². The van der Waals surface area contributed by atoms with E-state index >= 15 is 0 Å². The lowest BCUT2D eigenvalue weighted by Crippen LogP contribution is -2.20. The smallest absolute Gasteiger partial charge is 0.331 e. The Morgan fingerprint density at radius 3 is 2.95 bits per heavy atom. The lowest BCUT2D eigenvalue weighted by Gasteiger charge is -2.13. The molecule has 0 amide bonds. The van der Waals surface area contributed by atoms with Crippen LogP contribution in [-0.2, 0) is 4.79 Å². The van der Waals surface area contributed by atoms with Gasteiger partial charge >= 0.3 is 5.97 Å². The molecule has 3 heterocycles. The van der Waals surface area contributed by atoms with Gasteiger partial charge in [-0.1, -0.05) is 6.07 Å². The topological polar surface area (TPSA) is 75.1 Å². The predicted molar refractivity (Wildman–Crippen MR) is 80.5 cm³/mol. The van der Waals surface area contributed by atoms with E-state index in [1.54, 1.807) is 6.07 Å². The summed E-state index contributed by atoms with van der Waals surface area (Å²) in [6, 6.07) is 2.84. The third kappa shape index (κ3) is 2.25. The van der Waals surface area contributed by atoms with Crippen LogP contribution in [0, 0.1) is 6.92 Å². The molecule has 0 bridgehead atoms. The second-order valence-corrected chi connectivity index (χ2v) is 6.11. The minimum Gasteiger partial charge on any atom is -0.479 e. The molecule has 3 rings (SSSR count). The maximum Gasteiger partial charge on any atom is 0.331 e. The third-order valence-corrected chi connectivity index (χ3v) is 4.92. The molecule has 0 radical (unpaired) electrons. The first kappa shape index (κ1) is 13.0. The summed E-state index contributed by atoms with van der Waals surface area (Å²) in [6.45, 7) is 1.98. The van der Waals surface area contributed by atoms with E-state index in [2.05, 4.69) is 15.3 Å². The van der Waals surface area contributed by atoms with Gasteiger partial charge in [-0.2, -0.15) is 0 Å². The Balaban J connectivity index is 2.01. The molecule has 20 heavy (non-hydrogen) atoms. The molecule has 2 N–H and O–H groups in total. The summed E-state index contributed by atoms with van der Waals surface area (Å²) >= 11 is 2.92. The average Bonchev–Trinajstić information content (AvgIpc) is 3.06. The number of carboxylic acid groups (broad SMARTS) is 1. The summed E-state index contributed by atoms with van der Waals surface area (Å²) in [5.74, 6) is -0.360. The molecule has 1 atom stereocenters. The molecule has 0 saturated heterocycles. The number of carbonyl (C=O) groups is 1. The first-order valence-electron chi connectivity index (χ1n) is 5.88. The van der Waals surface area contributed by atoms with Crippen molar-refractivity contribution in [2.75, 3.05) is 5.32 Å². The number of hydrogen-bond acceptors (Lipinski definition) is 6. The normalized spacial score (nSPS) is 12.4. The Morgan fingerprint density at radius 2 is 2.25 bits per heavy atom. The average molecular weight is 305 g/mol. The number of fused-ring (bicyclic) bond motifs is 1. The van der Waals surface area contributed by atoms with Gasteiger partial charge in [0.05, 0.1) is 10.2 Å². The van der Waals surface area contributed by atoms with Crippen LogP contribution in [0.25, 0.3) is 10.2 Å². The van der Waals surface area contributed by atoms with Crippen molar-refractivity contribution in [1.29, 1.82) is 0 Å². The van der Waals surface area contributed by atoms with Gasteiger partial charge in [0.2, 0.25) is 0 Å². The van der Waals surface area contributed by atoms with Gasteiger partial charge in [-0.05, 0) is 29.3 Å². The molecule has 1 unspecified atom stereocenters. The molecule has 0 saturated carbocycles. The molecule has 0 fully saturated rings. The zero-order chi connectivity index (χ0) is 14.1. The van der Waals surface area contributed by atoms with E-state index in [0.717, 1.165) is 20.7 Å². The number of hydrogen-bond donors (Lipinski definition) is 2. The number of nitrogens with zero attached hydrogens (tertiary/aromatic N) is 2. The Labute approximate surface area is 122 Å². The SMILES string of the molecule is Cc1csc2c(NC(C(=O)O)c3cccs3)ncnc12. The lowest BCUT2D eigenvalue weighted by molar-refractivity contribution is -0.138. The maximum absolute atomic E-state index is 11.4. The first-order chi connectivity index (χ1) is 9.66. The van der Waals surface area contributed by atoms with Crippen molar-refractivity contribution in [3.8, 4) is 0 Å². The number of nitrogens with one attached hydrogen (secondary N) is 1. The van der Waals surface area contributed by atoms with Gasteiger partial charge in [-0.25, -0.2) is 14.8 Å². The Kier molecular flexibility index (Phi) is 3.37. The molecule has 0 aliphatic heterocycles. The Morgan fingerprint density at radius 1 is 1.40 bits per heavy atom. The summed E-state index contributed by atoms with van der Waals surface area (Å²) in [5, 5.41) is 16.2. The summed E-state index contributed by atoms with van der Waals surface area (Å²) in [7, 11) is 0. The van der Waals surface area contributed by atoms with E-state index in [-0.39, 0.29) is 0 Å². The van der Waals surface area contributed by atoms with Crippen LogP contribution < -0.4 is 5.32 Å². The van der Waals surface area contributed by atoms with E-state index in [1.807, 2.05) is 23.8 Å². The van der Waals surface area contributed by atoms with E-state index in [0.29, 0.717) is 5.82 Å². The van der Waals surface area contributed by atoms with Crippen molar-refractivity contribution in [2.24, 2.45) is 0 Å². The quantitative estimate of drug-likeness (QED) is 0.773. The monoisotopic (exact) mass is 305 g/mol. The lowest BCUT2D eigenvalue weighted by atomic mass is 10.2. The van der Waals surface area contributed by atoms with Gasteiger partial charge in [0, 0.05) is 4.88 Å². The van der Waals surface area contributed by atoms with Crippen molar-refractivity contribution < 1.29 is 9.90 Å². The van der Waals surface area contributed by atoms with Crippen LogP contribution in [0.2, 0.25) is 0 Å². The number of aliphatic carboxylic acids is 1. The minimum absolute atomic E-state index is 0.564. The summed E-state index contributed by atoms with van der Waals surface area (Å²) < 4.78 is 0.882. The summed E-state index contributed by atoms with van der Waals surface area (Å²) in [5.41, 5.74) is 1.93. The van der Waals surface area contributed by atoms with E-state index in [9.17, 15) is 9.90 Å². The number of aromatic nitrogens is 2. The molecule has 0 aliphatic rings. The second kappa shape index (κ2) is 5.18. The van der Waals surface area contributed by atoms with Crippen LogP contribution in [-0.4, -0.2) is 21.0 Å². The number of anilines is 1. The molecule has 3 aromatic heterocycles. The highest BCUT2D eigenvalue weighted by molar-refractivity contribution is 7.18. The van der Waals surface area contributed by atoms with Crippen LogP contribution in [0.3, 0.4) is 0 Å². The first-order valence-corrected chi connectivity index (χ1v) is 7.64. The van der Waals surface area contributed by atoms with E-state index in [1.165, 1.54) is 29.0 Å². The van der Waals surface area contributed by atoms with Crippen molar-refractivity contribution in [1.82, 2.24) is 9.97 Å².